The van der Waals surface area contributed by atoms with Crippen LogP contribution in [0.5, 0.6) is 23.0 Å². The highest BCUT2D eigenvalue weighted by Crippen LogP contribution is 2.33. The third-order valence-electron chi connectivity index (χ3n) is 4.65. The number of guanidine groups is 1. The van der Waals surface area contributed by atoms with E-state index in [2.05, 4.69) is 20.8 Å². The molecule has 0 saturated carbocycles. The topological polar surface area (TPSA) is 85.7 Å². The summed E-state index contributed by atoms with van der Waals surface area (Å²) in [5.41, 5.74) is 5.67. The predicted molar refractivity (Wildman–Crippen MR) is 114 cm³/mol. The molecule has 0 aliphatic carbocycles. The summed E-state index contributed by atoms with van der Waals surface area (Å²) in [5.74, 6) is 3.68. The van der Waals surface area contributed by atoms with Crippen LogP contribution in [0.4, 0.5) is 0 Å². The average molecular weight is 404 g/mol. The molecule has 8 nitrogen and oxygen atoms in total. The van der Waals surface area contributed by atoms with Gasteiger partial charge in [-0.1, -0.05) is 24.3 Å². The molecule has 0 atom stereocenters. The number of hydrogen-bond donors (Lipinski definition) is 2. The van der Waals surface area contributed by atoms with Crippen LogP contribution in [0, 0.1) is 0 Å². The summed E-state index contributed by atoms with van der Waals surface area (Å²) >= 11 is 0. The highest BCUT2D eigenvalue weighted by atomic mass is 16.7. The van der Waals surface area contributed by atoms with E-state index >= 15 is 0 Å². The van der Waals surface area contributed by atoms with E-state index in [0.29, 0.717) is 5.96 Å². The Kier molecular flexibility index (Phi) is 4.95. The van der Waals surface area contributed by atoms with Gasteiger partial charge in [-0.3, -0.25) is 0 Å². The normalized spacial score (nSPS) is 16.1. The molecule has 0 unspecified atom stereocenters. The van der Waals surface area contributed by atoms with Crippen LogP contribution in [0.1, 0.15) is 11.1 Å². The molecule has 3 heterocycles. The molecule has 2 aromatic carbocycles. The molecule has 0 aromatic heterocycles. The van der Waals surface area contributed by atoms with Crippen molar-refractivity contribution in [1.82, 2.24) is 10.7 Å². The van der Waals surface area contributed by atoms with Gasteiger partial charge in [-0.2, -0.15) is 5.10 Å². The van der Waals surface area contributed by atoms with Gasteiger partial charge in [-0.25, -0.2) is 10.4 Å². The standard InChI is InChI=1S/C22H20N4O4/c1(15-3-7-18-20(11-15)29-13-27-18)5-17(25-26-22-23-9-10-24-22)6-2-16-4-8-19-21(12-16)30-14-28-19/h1-8,11-12H,9-10,13-14H2,(H2,23,24,26). The maximum absolute atomic E-state index is 5.44. The zero-order chi connectivity index (χ0) is 20.2. The second-order valence-corrected chi connectivity index (χ2v) is 6.70. The quantitative estimate of drug-likeness (QED) is 0.589. The van der Waals surface area contributed by atoms with Crippen molar-refractivity contribution in [2.45, 2.75) is 0 Å². The number of fused-ring (bicyclic) bond motifs is 2. The molecule has 2 aromatic rings. The van der Waals surface area contributed by atoms with E-state index in [0.717, 1.165) is 52.9 Å². The molecule has 0 saturated heterocycles. The molecule has 0 bridgehead atoms. The van der Waals surface area contributed by atoms with Crippen molar-refractivity contribution in [2.75, 3.05) is 26.7 Å². The lowest BCUT2D eigenvalue weighted by molar-refractivity contribution is 0.173. The fraction of sp³-hybridized carbons (Fsp3) is 0.182. The summed E-state index contributed by atoms with van der Waals surface area (Å²) in [7, 11) is 0. The maximum Gasteiger partial charge on any atom is 0.231 e. The lowest BCUT2D eigenvalue weighted by Gasteiger charge is -2.02. The maximum atomic E-state index is 5.44. The third kappa shape index (κ3) is 4.07. The number of hydrogen-bond acceptors (Lipinski definition) is 8. The number of rotatable bonds is 5. The molecule has 0 radical (unpaired) electrons. The molecule has 5 rings (SSSR count). The summed E-state index contributed by atoms with van der Waals surface area (Å²) in [4.78, 5) is 4.30. The molecular formula is C22H20N4O4. The van der Waals surface area contributed by atoms with Crippen LogP contribution in [0.2, 0.25) is 0 Å². The molecule has 0 fully saturated rings. The molecule has 2 N–H and O–H groups in total. The lowest BCUT2D eigenvalue weighted by Crippen LogP contribution is -2.30. The predicted octanol–water partition coefficient (Wildman–Crippen LogP) is 2.78. The largest absolute Gasteiger partial charge is 0.454 e. The van der Waals surface area contributed by atoms with Gasteiger partial charge in [-0.15, -0.1) is 0 Å². The van der Waals surface area contributed by atoms with Crippen molar-refractivity contribution in [1.29, 1.82) is 0 Å². The zero-order valence-electron chi connectivity index (χ0n) is 16.1. The minimum absolute atomic E-state index is 0.256. The molecule has 0 amide bonds. The Balaban J connectivity index is 1.36. The summed E-state index contributed by atoms with van der Waals surface area (Å²) in [6.45, 7) is 2.07. The van der Waals surface area contributed by atoms with Crippen molar-refractivity contribution < 1.29 is 18.9 Å². The van der Waals surface area contributed by atoms with Gasteiger partial charge in [0.05, 0.1) is 12.3 Å². The van der Waals surface area contributed by atoms with Gasteiger partial charge in [0.15, 0.2) is 23.0 Å². The Morgan fingerprint density at radius 3 is 2.03 bits per heavy atom. The van der Waals surface area contributed by atoms with Crippen LogP contribution < -0.4 is 29.7 Å². The molecular weight excluding hydrogens is 384 g/mol. The van der Waals surface area contributed by atoms with Crippen molar-refractivity contribution in [3.8, 4) is 23.0 Å². The van der Waals surface area contributed by atoms with Crippen LogP contribution in [-0.2, 0) is 0 Å². The highest BCUT2D eigenvalue weighted by molar-refractivity contribution is 6.09. The third-order valence-corrected chi connectivity index (χ3v) is 4.65. The van der Waals surface area contributed by atoms with E-state index in [1.165, 1.54) is 0 Å². The van der Waals surface area contributed by atoms with Gasteiger partial charge in [0, 0.05) is 6.54 Å². The number of nitrogens with one attached hydrogen (secondary N) is 2. The first-order valence-electron chi connectivity index (χ1n) is 9.61. The summed E-state index contributed by atoms with van der Waals surface area (Å²) in [5, 5.41) is 7.61. The second-order valence-electron chi connectivity index (χ2n) is 6.70. The van der Waals surface area contributed by atoms with E-state index in [-0.39, 0.29) is 13.6 Å². The molecule has 152 valence electrons. The number of hydrazone groups is 1. The molecule has 3 aliphatic rings. The Morgan fingerprint density at radius 1 is 0.867 bits per heavy atom. The first-order valence-corrected chi connectivity index (χ1v) is 9.61. The van der Waals surface area contributed by atoms with Crippen LogP contribution >= 0.6 is 0 Å². The van der Waals surface area contributed by atoms with Gasteiger partial charge in [0.2, 0.25) is 19.5 Å². The highest BCUT2D eigenvalue weighted by Gasteiger charge is 2.13. The van der Waals surface area contributed by atoms with Crippen LogP contribution in [0.3, 0.4) is 0 Å². The van der Waals surface area contributed by atoms with Gasteiger partial charge in [0.1, 0.15) is 0 Å². The van der Waals surface area contributed by atoms with E-state index in [4.69, 9.17) is 18.9 Å². The summed E-state index contributed by atoms with van der Waals surface area (Å²) in [6.07, 6.45) is 7.78. The van der Waals surface area contributed by atoms with Gasteiger partial charge in [-0.05, 0) is 47.5 Å². The van der Waals surface area contributed by atoms with Crippen molar-refractivity contribution in [3.05, 3.63) is 59.7 Å². The van der Waals surface area contributed by atoms with Crippen LogP contribution in [-0.4, -0.2) is 38.3 Å². The summed E-state index contributed by atoms with van der Waals surface area (Å²) < 4.78 is 21.6. The first-order chi connectivity index (χ1) is 14.8. The molecule has 8 heteroatoms. The number of allylic oxidation sites excluding steroid dienone is 2. The smallest absolute Gasteiger partial charge is 0.231 e. The number of ether oxygens (including phenoxy) is 4. The van der Waals surface area contributed by atoms with Gasteiger partial charge in [0.25, 0.3) is 0 Å². The Morgan fingerprint density at radius 2 is 1.47 bits per heavy atom. The van der Waals surface area contributed by atoms with E-state index in [1.807, 2.05) is 60.7 Å². The SMILES string of the molecule is C(=Cc1ccc2c(c1)OCO2)C(C=Cc1ccc2c(c1)OCO2)=NNC1=NCCN1. The average Bonchev–Trinajstić information content (AvgIpc) is 3.53. The fourth-order valence-electron chi connectivity index (χ4n) is 3.12. The van der Waals surface area contributed by atoms with Crippen LogP contribution in [0.15, 0.2) is 58.6 Å². The monoisotopic (exact) mass is 404 g/mol. The Bertz CT molecular complexity index is 1010. The van der Waals surface area contributed by atoms with Crippen LogP contribution in [0.25, 0.3) is 12.2 Å². The second kappa shape index (κ2) is 8.20. The summed E-state index contributed by atoms with van der Waals surface area (Å²) in [6, 6.07) is 11.6. The molecule has 0 spiro atoms. The van der Waals surface area contributed by atoms with Crippen molar-refractivity contribution in [2.24, 2.45) is 10.1 Å². The van der Waals surface area contributed by atoms with Gasteiger partial charge >= 0.3 is 0 Å². The number of benzene rings is 2. The van der Waals surface area contributed by atoms with E-state index < -0.39 is 0 Å². The Labute approximate surface area is 173 Å². The minimum atomic E-state index is 0.256. The lowest BCUT2D eigenvalue weighted by atomic mass is 10.1. The molecule has 30 heavy (non-hydrogen) atoms. The Hall–Kier alpha value is -3.94. The van der Waals surface area contributed by atoms with E-state index in [1.54, 1.807) is 0 Å². The fourth-order valence-corrected chi connectivity index (χ4v) is 3.12. The van der Waals surface area contributed by atoms with Crippen molar-refractivity contribution in [3.63, 3.8) is 0 Å². The van der Waals surface area contributed by atoms with E-state index in [9.17, 15) is 0 Å². The van der Waals surface area contributed by atoms with Gasteiger partial charge < -0.3 is 24.3 Å². The number of aliphatic imine (C=N–C) groups is 1. The minimum Gasteiger partial charge on any atom is -0.454 e. The van der Waals surface area contributed by atoms with Crippen molar-refractivity contribution >= 4 is 23.8 Å². The number of nitrogens with zero attached hydrogens (tertiary/aromatic N) is 2. The zero-order valence-corrected chi connectivity index (χ0v) is 16.1. The molecule has 3 aliphatic heterocycles. The first kappa shape index (κ1) is 18.1.